The zero-order chi connectivity index (χ0) is 19.6. The third-order valence-electron chi connectivity index (χ3n) is 3.81. The van der Waals surface area contributed by atoms with Crippen molar-refractivity contribution >= 4 is 85.7 Å². The quantitative estimate of drug-likeness (QED) is 0.326. The van der Waals surface area contributed by atoms with Gasteiger partial charge < -0.3 is 4.74 Å². The average Bonchev–Trinajstić information content (AvgIpc) is 2.90. The summed E-state index contributed by atoms with van der Waals surface area (Å²) in [6.07, 6.45) is 1.90. The molecule has 1 fully saturated rings. The lowest BCUT2D eigenvalue weighted by molar-refractivity contribution is -0.121. The second-order valence-corrected chi connectivity index (χ2v) is 9.48. The van der Waals surface area contributed by atoms with E-state index in [1.54, 1.807) is 19.0 Å². The smallest absolute Gasteiger partial charge is 0.266 e. The molecule has 8 heteroatoms. The zero-order valence-electron chi connectivity index (χ0n) is 14.5. The van der Waals surface area contributed by atoms with E-state index in [1.165, 1.54) is 11.8 Å². The zero-order valence-corrected chi connectivity index (χ0v) is 20.4. The van der Waals surface area contributed by atoms with Crippen LogP contribution in [0.5, 0.6) is 5.75 Å². The van der Waals surface area contributed by atoms with E-state index in [0.717, 1.165) is 24.0 Å². The van der Waals surface area contributed by atoms with Crippen molar-refractivity contribution in [2.24, 2.45) is 4.99 Å². The summed E-state index contributed by atoms with van der Waals surface area (Å²) in [7, 11) is 3.42. The first kappa shape index (κ1) is 20.9. The summed E-state index contributed by atoms with van der Waals surface area (Å²) in [6, 6.07) is 11.6. The lowest BCUT2D eigenvalue weighted by atomic mass is 10.2. The van der Waals surface area contributed by atoms with Crippen LogP contribution < -0.4 is 4.74 Å². The van der Waals surface area contributed by atoms with Crippen molar-refractivity contribution in [2.75, 3.05) is 14.1 Å². The van der Waals surface area contributed by atoms with E-state index in [-0.39, 0.29) is 5.91 Å². The second-order valence-electron chi connectivity index (χ2n) is 5.71. The number of thioether (sulfide) groups is 1. The van der Waals surface area contributed by atoms with Crippen LogP contribution in [0.1, 0.15) is 11.1 Å². The van der Waals surface area contributed by atoms with Crippen molar-refractivity contribution in [1.29, 1.82) is 0 Å². The molecule has 0 unspecified atom stereocenters. The Morgan fingerprint density at radius 3 is 2.41 bits per heavy atom. The molecule has 2 aromatic rings. The van der Waals surface area contributed by atoms with E-state index < -0.39 is 0 Å². The molecule has 2 aromatic carbocycles. The molecule has 140 valence electrons. The molecular formula is C19H15ClI2N2O2S. The molecule has 4 nitrogen and oxygen atoms in total. The molecule has 0 radical (unpaired) electrons. The maximum atomic E-state index is 12.3. The van der Waals surface area contributed by atoms with Crippen molar-refractivity contribution in [2.45, 2.75) is 6.61 Å². The number of aliphatic imine (C=N–C) groups is 1. The highest BCUT2D eigenvalue weighted by atomic mass is 127. The molecular weight excluding hydrogens is 610 g/mol. The van der Waals surface area contributed by atoms with Gasteiger partial charge in [0.25, 0.3) is 5.91 Å². The average molecular weight is 625 g/mol. The summed E-state index contributed by atoms with van der Waals surface area (Å²) < 4.78 is 8.00. The van der Waals surface area contributed by atoms with Crippen LogP contribution >= 0.6 is 68.5 Å². The van der Waals surface area contributed by atoms with E-state index in [9.17, 15) is 4.79 Å². The van der Waals surface area contributed by atoms with Crippen LogP contribution in [0.2, 0.25) is 5.02 Å². The maximum Gasteiger partial charge on any atom is 0.266 e. The minimum Gasteiger partial charge on any atom is -0.487 e. The fourth-order valence-corrected chi connectivity index (χ4v) is 5.62. The Labute approximate surface area is 194 Å². The van der Waals surface area contributed by atoms with Gasteiger partial charge in [-0.05, 0) is 98.4 Å². The Morgan fingerprint density at radius 1 is 1.22 bits per heavy atom. The third-order valence-corrected chi connectivity index (χ3v) is 6.82. The van der Waals surface area contributed by atoms with Crippen LogP contribution in [-0.4, -0.2) is 30.1 Å². The number of carbonyl (C=O) groups is 1. The molecule has 0 atom stereocenters. The molecule has 1 saturated heterocycles. The fraction of sp³-hybridized carbons (Fsp3) is 0.158. The van der Waals surface area contributed by atoms with Gasteiger partial charge in [0.15, 0.2) is 5.17 Å². The molecule has 0 spiro atoms. The second kappa shape index (κ2) is 9.15. The predicted molar refractivity (Wildman–Crippen MR) is 129 cm³/mol. The molecule has 0 saturated carbocycles. The fourth-order valence-electron chi connectivity index (χ4n) is 2.44. The first-order chi connectivity index (χ1) is 12.9. The van der Waals surface area contributed by atoms with Gasteiger partial charge in [-0.1, -0.05) is 23.7 Å². The van der Waals surface area contributed by atoms with Gasteiger partial charge in [-0.25, -0.2) is 0 Å². The number of ether oxygens (including phenoxy) is 1. The highest BCUT2D eigenvalue weighted by Crippen LogP contribution is 2.34. The number of likely N-dealkylation sites (N-methyl/N-ethyl adjacent to an activating group) is 1. The Balaban J connectivity index is 1.80. The minimum absolute atomic E-state index is 0.0336. The standard InChI is InChI=1S/C19H15ClI2N2O2S/c1-23-19-24(2)18(25)16(27-19)9-12-7-14(21)17(15(22)8-12)26-10-11-3-5-13(20)6-4-11/h3-9H,10H2,1-2H3/b16-9+,23-19?. The molecule has 1 aliphatic heterocycles. The van der Waals surface area contributed by atoms with Crippen LogP contribution in [0.3, 0.4) is 0 Å². The van der Waals surface area contributed by atoms with Gasteiger partial charge in [0.05, 0.1) is 12.0 Å². The highest BCUT2D eigenvalue weighted by molar-refractivity contribution is 14.1. The molecule has 0 bridgehead atoms. The van der Waals surface area contributed by atoms with Gasteiger partial charge in [0.1, 0.15) is 12.4 Å². The number of amides is 1. The summed E-state index contributed by atoms with van der Waals surface area (Å²) in [5.41, 5.74) is 2.02. The molecule has 27 heavy (non-hydrogen) atoms. The number of halogens is 3. The van der Waals surface area contributed by atoms with Crippen LogP contribution in [0, 0.1) is 7.14 Å². The first-order valence-electron chi connectivity index (χ1n) is 7.89. The third kappa shape index (κ3) is 4.99. The highest BCUT2D eigenvalue weighted by Gasteiger charge is 2.29. The van der Waals surface area contributed by atoms with Gasteiger partial charge in [0.2, 0.25) is 0 Å². The number of amidine groups is 1. The summed E-state index contributed by atoms with van der Waals surface area (Å²) in [4.78, 5) is 18.7. The molecule has 1 aliphatic rings. The Hall–Kier alpha value is -0.780. The number of hydrogen-bond acceptors (Lipinski definition) is 4. The van der Waals surface area contributed by atoms with Crippen molar-refractivity contribution in [3.05, 3.63) is 64.6 Å². The Morgan fingerprint density at radius 2 is 1.85 bits per heavy atom. The van der Waals surface area contributed by atoms with Crippen LogP contribution in [-0.2, 0) is 11.4 Å². The summed E-state index contributed by atoms with van der Waals surface area (Å²) >= 11 is 11.8. The van der Waals surface area contributed by atoms with E-state index in [0.29, 0.717) is 21.7 Å². The van der Waals surface area contributed by atoms with Crippen molar-refractivity contribution < 1.29 is 9.53 Å². The van der Waals surface area contributed by atoms with Crippen LogP contribution in [0.25, 0.3) is 6.08 Å². The molecule has 1 heterocycles. The lowest BCUT2D eigenvalue weighted by Gasteiger charge is -2.12. The molecule has 3 rings (SSSR count). The first-order valence-corrected chi connectivity index (χ1v) is 11.2. The molecule has 0 aliphatic carbocycles. The van der Waals surface area contributed by atoms with Crippen LogP contribution in [0.4, 0.5) is 0 Å². The molecule has 0 N–H and O–H groups in total. The van der Waals surface area contributed by atoms with Crippen molar-refractivity contribution in [1.82, 2.24) is 4.90 Å². The Bertz CT molecular complexity index is 922. The van der Waals surface area contributed by atoms with Crippen molar-refractivity contribution in [3.8, 4) is 5.75 Å². The normalized spacial score (nSPS) is 17.2. The van der Waals surface area contributed by atoms with Crippen molar-refractivity contribution in [3.63, 3.8) is 0 Å². The monoisotopic (exact) mass is 624 g/mol. The lowest BCUT2D eigenvalue weighted by Crippen LogP contribution is -2.23. The van der Waals surface area contributed by atoms with Gasteiger partial charge in [-0.15, -0.1) is 0 Å². The molecule has 1 amide bonds. The number of nitrogens with zero attached hydrogens (tertiary/aromatic N) is 2. The summed E-state index contributed by atoms with van der Waals surface area (Å²) in [5.74, 6) is 0.806. The van der Waals surface area contributed by atoms with E-state index in [4.69, 9.17) is 16.3 Å². The predicted octanol–water partition coefficient (Wildman–Crippen LogP) is 5.66. The van der Waals surface area contributed by atoms with E-state index in [1.807, 2.05) is 42.5 Å². The van der Waals surface area contributed by atoms with E-state index in [2.05, 4.69) is 50.2 Å². The molecule has 0 aromatic heterocycles. The summed E-state index contributed by atoms with van der Waals surface area (Å²) in [5, 5.41) is 1.42. The van der Waals surface area contributed by atoms with Gasteiger partial charge in [0, 0.05) is 19.1 Å². The van der Waals surface area contributed by atoms with E-state index >= 15 is 0 Å². The topological polar surface area (TPSA) is 41.9 Å². The van der Waals surface area contributed by atoms with Gasteiger partial charge >= 0.3 is 0 Å². The largest absolute Gasteiger partial charge is 0.487 e. The minimum atomic E-state index is -0.0336. The number of benzene rings is 2. The van der Waals surface area contributed by atoms with Gasteiger partial charge in [-0.3, -0.25) is 14.7 Å². The summed E-state index contributed by atoms with van der Waals surface area (Å²) in [6.45, 7) is 0.471. The Kier molecular flexibility index (Phi) is 7.09. The number of rotatable bonds is 4. The van der Waals surface area contributed by atoms with Crippen LogP contribution in [0.15, 0.2) is 46.3 Å². The van der Waals surface area contributed by atoms with Gasteiger partial charge in [-0.2, -0.15) is 0 Å². The SMILES string of the molecule is CN=C1S/C(=C/c2cc(I)c(OCc3ccc(Cl)cc3)c(I)c2)C(=O)N1C. The number of carbonyl (C=O) groups excluding carboxylic acids is 1. The number of hydrogen-bond donors (Lipinski definition) is 0. The maximum absolute atomic E-state index is 12.3.